The zero-order valence-corrected chi connectivity index (χ0v) is 12.0. The monoisotopic (exact) mass is 346 g/mol. The molecule has 0 bridgehead atoms. The number of carbonyl (C=O) groups excluding carboxylic acids is 1. The van der Waals surface area contributed by atoms with Crippen LogP contribution in [-0.2, 0) is 6.42 Å². The van der Waals surface area contributed by atoms with Crippen LogP contribution >= 0.6 is 27.3 Å². The lowest BCUT2D eigenvalue weighted by Gasteiger charge is -2.09. The number of benzene rings is 1. The summed E-state index contributed by atoms with van der Waals surface area (Å²) in [6.45, 7) is -2.94. The molecule has 0 saturated carbocycles. The third kappa shape index (κ3) is 3.84. The molecule has 1 aromatic heterocycles. The summed E-state index contributed by atoms with van der Waals surface area (Å²) in [7, 11) is 0. The highest BCUT2D eigenvalue weighted by Gasteiger charge is 2.16. The molecule has 0 fully saturated rings. The smallest absolute Gasteiger partial charge is 0.387 e. The lowest BCUT2D eigenvalue weighted by atomic mass is 10.1. The molecule has 2 nitrogen and oxygen atoms in total. The number of ether oxygens (including phenoxy) is 1. The molecule has 6 heteroatoms. The normalized spacial score (nSPS) is 10.7. The molecule has 0 aliphatic rings. The largest absolute Gasteiger partial charge is 0.434 e. The molecule has 0 atom stereocenters. The quantitative estimate of drug-likeness (QED) is 0.743. The number of ketones is 1. The second-order valence-corrected chi connectivity index (χ2v) is 5.62. The van der Waals surface area contributed by atoms with Crippen molar-refractivity contribution in [3.8, 4) is 5.75 Å². The van der Waals surface area contributed by atoms with Crippen molar-refractivity contribution in [3.63, 3.8) is 0 Å². The zero-order chi connectivity index (χ0) is 13.8. The van der Waals surface area contributed by atoms with E-state index in [4.69, 9.17) is 0 Å². The molecule has 2 rings (SSSR count). The summed E-state index contributed by atoms with van der Waals surface area (Å²) in [5.74, 6) is -0.330. The minimum atomic E-state index is -2.94. The van der Waals surface area contributed by atoms with E-state index in [1.807, 2.05) is 11.4 Å². The number of carbonyl (C=O) groups is 1. The zero-order valence-electron chi connectivity index (χ0n) is 9.61. The number of halogens is 3. The highest BCUT2D eigenvalue weighted by Crippen LogP contribution is 2.25. The van der Waals surface area contributed by atoms with Crippen LogP contribution in [0.1, 0.15) is 15.2 Å². The van der Waals surface area contributed by atoms with Crippen molar-refractivity contribution in [2.45, 2.75) is 13.0 Å². The van der Waals surface area contributed by atoms with Gasteiger partial charge in [-0.1, -0.05) is 12.1 Å². The maximum Gasteiger partial charge on any atom is 0.387 e. The average Bonchev–Trinajstić information content (AvgIpc) is 2.74. The van der Waals surface area contributed by atoms with E-state index >= 15 is 0 Å². The predicted octanol–water partition coefficient (Wildman–Crippen LogP) is 4.54. The molecule has 1 aromatic carbocycles. The first-order valence-electron chi connectivity index (χ1n) is 5.36. The fourth-order valence-corrected chi connectivity index (χ4v) is 3.05. The topological polar surface area (TPSA) is 26.3 Å². The van der Waals surface area contributed by atoms with Gasteiger partial charge in [-0.15, -0.1) is 11.3 Å². The van der Waals surface area contributed by atoms with E-state index in [9.17, 15) is 13.6 Å². The number of hydrogen-bond acceptors (Lipinski definition) is 3. The number of rotatable bonds is 5. The number of thiophene rings is 1. The van der Waals surface area contributed by atoms with Gasteiger partial charge in [0.2, 0.25) is 0 Å². The van der Waals surface area contributed by atoms with Crippen LogP contribution < -0.4 is 4.74 Å². The molecule has 19 heavy (non-hydrogen) atoms. The minimum absolute atomic E-state index is 0.0851. The number of hydrogen-bond donors (Lipinski definition) is 0. The Kier molecular flexibility index (Phi) is 4.66. The van der Waals surface area contributed by atoms with Crippen LogP contribution in [0.2, 0.25) is 0 Å². The van der Waals surface area contributed by atoms with Crippen LogP contribution in [0.25, 0.3) is 0 Å². The highest BCUT2D eigenvalue weighted by atomic mass is 79.9. The molecule has 0 amide bonds. The van der Waals surface area contributed by atoms with E-state index in [0.717, 1.165) is 9.35 Å². The molecule has 0 unspecified atom stereocenters. The summed E-state index contributed by atoms with van der Waals surface area (Å²) in [5, 5.41) is 1.87. The van der Waals surface area contributed by atoms with Crippen molar-refractivity contribution >= 4 is 33.0 Å². The van der Waals surface area contributed by atoms with Gasteiger partial charge in [0.15, 0.2) is 5.78 Å². The van der Waals surface area contributed by atoms with E-state index in [-0.39, 0.29) is 23.5 Å². The van der Waals surface area contributed by atoms with Crippen LogP contribution in [0.3, 0.4) is 0 Å². The van der Waals surface area contributed by atoms with Crippen molar-refractivity contribution in [2.75, 3.05) is 0 Å². The molecular weight excluding hydrogens is 338 g/mol. The molecule has 100 valence electrons. The SMILES string of the molecule is O=C(Cc1cc(Br)cs1)c1ccccc1OC(F)F. The number of para-hydroxylation sites is 1. The second kappa shape index (κ2) is 6.25. The average molecular weight is 347 g/mol. The number of alkyl halides is 2. The van der Waals surface area contributed by atoms with Crippen LogP contribution in [0.15, 0.2) is 40.2 Å². The van der Waals surface area contributed by atoms with E-state index in [1.54, 1.807) is 12.1 Å². The predicted molar refractivity (Wildman–Crippen MR) is 73.1 cm³/mol. The fraction of sp³-hybridized carbons (Fsp3) is 0.154. The molecule has 1 heterocycles. The molecular formula is C13H9BrF2O2S. The summed E-state index contributed by atoms with van der Waals surface area (Å²) >= 11 is 4.74. The van der Waals surface area contributed by atoms with Crippen LogP contribution in [0, 0.1) is 0 Å². The van der Waals surface area contributed by atoms with Crippen LogP contribution in [0.4, 0.5) is 8.78 Å². The molecule has 2 aromatic rings. The third-order valence-electron chi connectivity index (χ3n) is 2.36. The Morgan fingerprint density at radius 3 is 2.74 bits per heavy atom. The van der Waals surface area contributed by atoms with Crippen molar-refractivity contribution < 1.29 is 18.3 Å². The van der Waals surface area contributed by atoms with Gasteiger partial charge >= 0.3 is 6.61 Å². The van der Waals surface area contributed by atoms with Crippen LogP contribution in [0.5, 0.6) is 5.75 Å². The van der Waals surface area contributed by atoms with Crippen molar-refractivity contribution in [2.24, 2.45) is 0 Å². The summed E-state index contributed by atoms with van der Waals surface area (Å²) < 4.78 is 29.8. The fourth-order valence-electron chi connectivity index (χ4n) is 1.60. The molecule has 0 aliphatic heterocycles. The van der Waals surface area contributed by atoms with Gasteiger partial charge < -0.3 is 4.74 Å². The first-order valence-corrected chi connectivity index (χ1v) is 7.03. The van der Waals surface area contributed by atoms with Crippen LogP contribution in [-0.4, -0.2) is 12.4 Å². The summed E-state index contributed by atoms with van der Waals surface area (Å²) in [5.41, 5.74) is 0.173. The van der Waals surface area contributed by atoms with Crippen molar-refractivity contribution in [1.29, 1.82) is 0 Å². The van der Waals surface area contributed by atoms with Gasteiger partial charge in [0, 0.05) is 21.2 Å². The molecule has 0 saturated heterocycles. The molecule has 0 aliphatic carbocycles. The minimum Gasteiger partial charge on any atom is -0.434 e. The summed E-state index contributed by atoms with van der Waals surface area (Å²) in [6.07, 6.45) is 0.167. The van der Waals surface area contributed by atoms with Gasteiger partial charge in [0.1, 0.15) is 5.75 Å². The lowest BCUT2D eigenvalue weighted by molar-refractivity contribution is -0.0501. The van der Waals surface area contributed by atoms with E-state index in [2.05, 4.69) is 20.7 Å². The Bertz CT molecular complexity index is 584. The maximum absolute atomic E-state index is 12.3. The van der Waals surface area contributed by atoms with E-state index in [0.29, 0.717) is 0 Å². The highest BCUT2D eigenvalue weighted by molar-refractivity contribution is 9.10. The maximum atomic E-state index is 12.3. The van der Waals surface area contributed by atoms with Gasteiger partial charge in [0.05, 0.1) is 5.56 Å². The number of Topliss-reactive ketones (excluding diaryl/α,β-unsaturated/α-hetero) is 1. The summed E-state index contributed by atoms with van der Waals surface area (Å²) in [4.78, 5) is 13.0. The first-order chi connectivity index (χ1) is 9.06. The third-order valence-corrected chi connectivity index (χ3v) is 4.06. The Hall–Kier alpha value is -1.27. The van der Waals surface area contributed by atoms with Gasteiger partial charge in [-0.3, -0.25) is 4.79 Å². The Morgan fingerprint density at radius 1 is 1.37 bits per heavy atom. The lowest BCUT2D eigenvalue weighted by Crippen LogP contribution is -2.09. The molecule has 0 N–H and O–H groups in total. The van der Waals surface area contributed by atoms with Gasteiger partial charge in [0.25, 0.3) is 0 Å². The van der Waals surface area contributed by atoms with E-state index in [1.165, 1.54) is 23.5 Å². The summed E-state index contributed by atoms with van der Waals surface area (Å²) in [6, 6.07) is 7.86. The second-order valence-electron chi connectivity index (χ2n) is 3.71. The van der Waals surface area contributed by atoms with E-state index < -0.39 is 6.61 Å². The van der Waals surface area contributed by atoms with Gasteiger partial charge in [-0.2, -0.15) is 8.78 Å². The Morgan fingerprint density at radius 2 is 2.11 bits per heavy atom. The van der Waals surface area contributed by atoms with Gasteiger partial charge in [-0.05, 0) is 34.1 Å². The van der Waals surface area contributed by atoms with Crippen molar-refractivity contribution in [3.05, 3.63) is 50.6 Å². The molecule has 0 radical (unpaired) electrons. The van der Waals surface area contributed by atoms with Crippen molar-refractivity contribution in [1.82, 2.24) is 0 Å². The Labute approximate surface area is 121 Å². The Balaban J connectivity index is 2.18. The molecule has 0 spiro atoms. The standard InChI is InChI=1S/C13H9BrF2O2S/c14-8-5-9(19-7-8)6-11(17)10-3-1-2-4-12(10)18-13(15)16/h1-5,7,13H,6H2. The van der Waals surface area contributed by atoms with Gasteiger partial charge in [-0.25, -0.2) is 0 Å². The first kappa shape index (κ1) is 14.1.